The summed E-state index contributed by atoms with van der Waals surface area (Å²) in [4.78, 5) is 0. The molecule has 0 fully saturated rings. The highest BCUT2D eigenvalue weighted by Gasteiger charge is 1.97. The van der Waals surface area contributed by atoms with Crippen LogP contribution < -0.4 is 5.32 Å². The monoisotopic (exact) mass is 211 g/mol. The number of hydrogen-bond donors (Lipinski definition) is 1. The molecule has 0 aliphatic heterocycles. The highest BCUT2D eigenvalue weighted by Crippen LogP contribution is 2.12. The molecule has 0 saturated heterocycles. The van der Waals surface area contributed by atoms with Gasteiger partial charge in [0.15, 0.2) is 0 Å². The van der Waals surface area contributed by atoms with E-state index in [4.69, 9.17) is 11.6 Å². The smallest absolute Gasteiger partial charge is 0.0396 e. The molecule has 0 bridgehead atoms. The third kappa shape index (κ3) is 4.01. The van der Waals surface area contributed by atoms with Gasteiger partial charge in [0.25, 0.3) is 0 Å². The first-order valence-corrected chi connectivity index (χ1v) is 5.64. The molecule has 0 aliphatic rings. The molecule has 78 valence electrons. The summed E-state index contributed by atoms with van der Waals surface area (Å²) in [5.41, 5.74) is 2.55. The van der Waals surface area contributed by atoms with E-state index in [-0.39, 0.29) is 0 Å². The van der Waals surface area contributed by atoms with Crippen molar-refractivity contribution < 1.29 is 0 Å². The third-order valence-electron chi connectivity index (χ3n) is 2.02. The fourth-order valence-electron chi connectivity index (χ4n) is 1.42. The van der Waals surface area contributed by atoms with Gasteiger partial charge in [0, 0.05) is 18.1 Å². The van der Waals surface area contributed by atoms with Gasteiger partial charge >= 0.3 is 0 Å². The zero-order valence-electron chi connectivity index (χ0n) is 8.89. The molecule has 0 spiro atoms. The number of anilines is 1. The first-order chi connectivity index (χ1) is 6.72. The Bertz CT molecular complexity index is 254. The van der Waals surface area contributed by atoms with Crippen LogP contribution >= 0.6 is 11.6 Å². The Morgan fingerprint density at radius 1 is 1.21 bits per heavy atom. The van der Waals surface area contributed by atoms with Gasteiger partial charge in [-0.2, -0.15) is 0 Å². The lowest BCUT2D eigenvalue weighted by Crippen LogP contribution is -2.02. The van der Waals surface area contributed by atoms with Crippen LogP contribution in [0.15, 0.2) is 24.3 Å². The lowest BCUT2D eigenvalue weighted by Gasteiger charge is -2.07. The van der Waals surface area contributed by atoms with Crippen molar-refractivity contribution in [1.82, 2.24) is 0 Å². The summed E-state index contributed by atoms with van der Waals surface area (Å²) in [6.45, 7) is 5.30. The van der Waals surface area contributed by atoms with Crippen molar-refractivity contribution in [1.29, 1.82) is 0 Å². The largest absolute Gasteiger partial charge is 0.384 e. The average molecular weight is 212 g/mol. The summed E-state index contributed by atoms with van der Waals surface area (Å²) in [5, 5.41) is 3.24. The molecule has 0 aromatic heterocycles. The number of halogens is 1. The van der Waals surface area contributed by atoms with Gasteiger partial charge in [-0.15, -0.1) is 11.6 Å². The molecule has 1 nitrogen and oxygen atoms in total. The van der Waals surface area contributed by atoms with Crippen LogP contribution in [0, 0.1) is 5.92 Å². The second-order valence-corrected chi connectivity index (χ2v) is 4.29. The maximum absolute atomic E-state index is 5.59. The van der Waals surface area contributed by atoms with E-state index in [9.17, 15) is 0 Å². The summed E-state index contributed by atoms with van der Waals surface area (Å²) in [7, 11) is 0. The molecule has 1 aromatic carbocycles. The van der Waals surface area contributed by atoms with Crippen molar-refractivity contribution in [2.75, 3.05) is 17.7 Å². The van der Waals surface area contributed by atoms with Crippen LogP contribution in [-0.4, -0.2) is 12.4 Å². The highest BCUT2D eigenvalue weighted by atomic mass is 35.5. The fourth-order valence-corrected chi connectivity index (χ4v) is 1.52. The number of hydrogen-bond acceptors (Lipinski definition) is 1. The van der Waals surface area contributed by atoms with Crippen molar-refractivity contribution in [3.8, 4) is 0 Å². The molecule has 2 heteroatoms. The Morgan fingerprint density at radius 3 is 2.36 bits per heavy atom. The van der Waals surface area contributed by atoms with Crippen molar-refractivity contribution >= 4 is 17.3 Å². The summed E-state index contributed by atoms with van der Waals surface area (Å²) in [6, 6.07) is 8.58. The van der Waals surface area contributed by atoms with Crippen LogP contribution in [0.5, 0.6) is 0 Å². The lowest BCUT2D eigenvalue weighted by molar-refractivity contribution is 0.647. The number of nitrogens with one attached hydrogen (secondary N) is 1. The summed E-state index contributed by atoms with van der Waals surface area (Å²) < 4.78 is 0. The van der Waals surface area contributed by atoms with Crippen LogP contribution in [0.1, 0.15) is 19.4 Å². The van der Waals surface area contributed by atoms with Gasteiger partial charge in [0.2, 0.25) is 0 Å². The van der Waals surface area contributed by atoms with Crippen LogP contribution in [0.3, 0.4) is 0 Å². The molecule has 14 heavy (non-hydrogen) atoms. The molecule has 1 aromatic rings. The summed E-state index contributed by atoms with van der Waals surface area (Å²) in [6.07, 6.45) is 1.15. The molecular weight excluding hydrogens is 194 g/mol. The maximum atomic E-state index is 5.59. The minimum atomic E-state index is 0.647. The highest BCUT2D eigenvalue weighted by molar-refractivity contribution is 6.18. The van der Waals surface area contributed by atoms with E-state index in [0.717, 1.165) is 24.6 Å². The Hall–Kier alpha value is -0.690. The van der Waals surface area contributed by atoms with E-state index in [1.54, 1.807) is 0 Å². The molecule has 0 radical (unpaired) electrons. The van der Waals surface area contributed by atoms with E-state index in [1.807, 2.05) is 0 Å². The van der Waals surface area contributed by atoms with Crippen molar-refractivity contribution in [2.45, 2.75) is 20.3 Å². The second-order valence-electron chi connectivity index (χ2n) is 3.91. The van der Waals surface area contributed by atoms with Gasteiger partial charge in [0.05, 0.1) is 0 Å². The zero-order chi connectivity index (χ0) is 10.4. The fraction of sp³-hybridized carbons (Fsp3) is 0.500. The van der Waals surface area contributed by atoms with Crippen molar-refractivity contribution in [2.24, 2.45) is 5.92 Å². The molecule has 0 aliphatic carbocycles. The molecule has 0 amide bonds. The van der Waals surface area contributed by atoms with E-state index in [1.165, 1.54) is 5.56 Å². The Balaban J connectivity index is 2.50. The van der Waals surface area contributed by atoms with Gasteiger partial charge in [-0.05, 0) is 30.0 Å². The van der Waals surface area contributed by atoms with Crippen LogP contribution in [-0.2, 0) is 6.42 Å². The Labute approximate surface area is 91.5 Å². The van der Waals surface area contributed by atoms with Gasteiger partial charge in [-0.3, -0.25) is 0 Å². The normalized spacial score (nSPS) is 10.6. The van der Waals surface area contributed by atoms with Gasteiger partial charge in [-0.25, -0.2) is 0 Å². The predicted octanol–water partition coefficient (Wildman–Crippen LogP) is 3.54. The molecule has 0 heterocycles. The molecule has 1 N–H and O–H groups in total. The summed E-state index contributed by atoms with van der Waals surface area (Å²) >= 11 is 5.59. The van der Waals surface area contributed by atoms with E-state index in [0.29, 0.717) is 5.88 Å². The molecule has 0 saturated carbocycles. The molecule has 0 unspecified atom stereocenters. The SMILES string of the molecule is CC(C)Cc1ccc(NCCCl)cc1. The number of benzene rings is 1. The van der Waals surface area contributed by atoms with Gasteiger partial charge in [0.1, 0.15) is 0 Å². The third-order valence-corrected chi connectivity index (χ3v) is 2.21. The molecular formula is C12H18ClN. The van der Waals surface area contributed by atoms with E-state index < -0.39 is 0 Å². The van der Waals surface area contributed by atoms with Crippen LogP contribution in [0.2, 0.25) is 0 Å². The van der Waals surface area contributed by atoms with E-state index >= 15 is 0 Å². The van der Waals surface area contributed by atoms with Gasteiger partial charge in [-0.1, -0.05) is 26.0 Å². The minimum absolute atomic E-state index is 0.647. The average Bonchev–Trinajstić information content (AvgIpc) is 2.16. The Kier molecular flexibility index (Phi) is 4.81. The summed E-state index contributed by atoms with van der Waals surface area (Å²) in [5.74, 6) is 1.37. The zero-order valence-corrected chi connectivity index (χ0v) is 9.64. The standard InChI is InChI=1S/C12H18ClN/c1-10(2)9-11-3-5-12(6-4-11)14-8-7-13/h3-6,10,14H,7-9H2,1-2H3. The topological polar surface area (TPSA) is 12.0 Å². The first-order valence-electron chi connectivity index (χ1n) is 5.11. The van der Waals surface area contributed by atoms with Crippen molar-refractivity contribution in [3.05, 3.63) is 29.8 Å². The predicted molar refractivity (Wildman–Crippen MR) is 64.2 cm³/mol. The quantitative estimate of drug-likeness (QED) is 0.735. The van der Waals surface area contributed by atoms with Gasteiger partial charge < -0.3 is 5.32 Å². The number of rotatable bonds is 5. The van der Waals surface area contributed by atoms with E-state index in [2.05, 4.69) is 43.4 Å². The maximum Gasteiger partial charge on any atom is 0.0396 e. The molecule has 1 rings (SSSR count). The Morgan fingerprint density at radius 2 is 1.86 bits per heavy atom. The molecule has 0 atom stereocenters. The second kappa shape index (κ2) is 5.92. The number of alkyl halides is 1. The minimum Gasteiger partial charge on any atom is -0.384 e. The van der Waals surface area contributed by atoms with Crippen molar-refractivity contribution in [3.63, 3.8) is 0 Å². The van der Waals surface area contributed by atoms with Crippen LogP contribution in [0.25, 0.3) is 0 Å². The lowest BCUT2D eigenvalue weighted by atomic mass is 10.0. The first kappa shape index (κ1) is 11.4. The van der Waals surface area contributed by atoms with Crippen LogP contribution in [0.4, 0.5) is 5.69 Å².